The Labute approximate surface area is 160 Å². The molecule has 142 valence electrons. The van der Waals surface area contributed by atoms with Crippen molar-refractivity contribution in [1.29, 1.82) is 0 Å². The number of fused-ring (bicyclic) bond motifs is 1. The smallest absolute Gasteiger partial charge is 0.316 e. The summed E-state index contributed by atoms with van der Waals surface area (Å²) in [6.07, 6.45) is 6.90. The van der Waals surface area contributed by atoms with Crippen LogP contribution in [0.5, 0.6) is 0 Å². The predicted molar refractivity (Wildman–Crippen MR) is 104 cm³/mol. The third kappa shape index (κ3) is 5.03. The summed E-state index contributed by atoms with van der Waals surface area (Å²) in [5, 5.41) is 3.03. The topological polar surface area (TPSA) is 55.4 Å². The van der Waals surface area contributed by atoms with Crippen LogP contribution in [0.1, 0.15) is 50.7 Å². The van der Waals surface area contributed by atoms with Crippen LogP contribution in [0.25, 0.3) is 0 Å². The second-order valence-corrected chi connectivity index (χ2v) is 8.72. The van der Waals surface area contributed by atoms with E-state index < -0.39 is 0 Å². The maximum absolute atomic E-state index is 12.1. The van der Waals surface area contributed by atoms with Crippen LogP contribution in [0, 0.1) is 11.8 Å². The Morgan fingerprint density at radius 3 is 2.81 bits per heavy atom. The minimum atomic E-state index is -0.337. The average molecular weight is 376 g/mol. The minimum Gasteiger partial charge on any atom is -0.455 e. The molecule has 0 heterocycles. The lowest BCUT2D eigenvalue weighted by molar-refractivity contribution is -0.146. The first kappa shape index (κ1) is 19.3. The number of esters is 1. The monoisotopic (exact) mass is 375 g/mol. The van der Waals surface area contributed by atoms with Gasteiger partial charge in [-0.25, -0.2) is 0 Å². The van der Waals surface area contributed by atoms with Gasteiger partial charge in [-0.1, -0.05) is 32.8 Å². The summed E-state index contributed by atoms with van der Waals surface area (Å²) in [5.41, 5.74) is 2.83. The van der Waals surface area contributed by atoms with Gasteiger partial charge >= 0.3 is 5.97 Å². The average Bonchev–Trinajstić information content (AvgIpc) is 3.10. The van der Waals surface area contributed by atoms with Gasteiger partial charge in [0.2, 0.25) is 0 Å². The Balaban J connectivity index is 1.37. The first-order valence-corrected chi connectivity index (χ1v) is 10.7. The predicted octanol–water partition coefficient (Wildman–Crippen LogP) is 3.75. The summed E-state index contributed by atoms with van der Waals surface area (Å²) in [6, 6.07) is 6.61. The maximum atomic E-state index is 12.1. The lowest BCUT2D eigenvalue weighted by atomic mass is 9.78. The molecule has 1 N–H and O–H groups in total. The summed E-state index contributed by atoms with van der Waals surface area (Å²) < 4.78 is 5.15. The number of ether oxygens (including phenoxy) is 1. The van der Waals surface area contributed by atoms with Gasteiger partial charge in [0.1, 0.15) is 0 Å². The Hall–Kier alpha value is -1.49. The van der Waals surface area contributed by atoms with Gasteiger partial charge < -0.3 is 10.1 Å². The van der Waals surface area contributed by atoms with Crippen LogP contribution in [0.4, 0.5) is 0 Å². The standard InChI is InChI=1S/C21H29NO3S/c1-14-5-3-8-19(15(14)2)22-20(23)12-25-21(24)13-26-18-10-9-16-6-4-7-17(16)11-18/h9-11,14-15,19H,3-8,12-13H2,1-2H3,(H,22,23)/t14-,15-,19-/m1/s1. The van der Waals surface area contributed by atoms with Crippen molar-refractivity contribution in [2.24, 2.45) is 11.8 Å². The van der Waals surface area contributed by atoms with Crippen molar-refractivity contribution >= 4 is 23.6 Å². The van der Waals surface area contributed by atoms with Crippen LogP contribution in [-0.4, -0.2) is 30.3 Å². The number of hydrogen-bond donors (Lipinski definition) is 1. The molecule has 5 heteroatoms. The number of thioether (sulfide) groups is 1. The van der Waals surface area contributed by atoms with Crippen molar-refractivity contribution in [3.63, 3.8) is 0 Å². The van der Waals surface area contributed by atoms with Crippen molar-refractivity contribution < 1.29 is 14.3 Å². The van der Waals surface area contributed by atoms with Crippen LogP contribution in [0.3, 0.4) is 0 Å². The largest absolute Gasteiger partial charge is 0.455 e. The Morgan fingerprint density at radius 1 is 1.15 bits per heavy atom. The summed E-state index contributed by atoms with van der Waals surface area (Å²) in [6.45, 7) is 4.24. The van der Waals surface area contributed by atoms with Gasteiger partial charge in [-0.3, -0.25) is 9.59 Å². The third-order valence-electron chi connectivity index (χ3n) is 5.84. The fourth-order valence-electron chi connectivity index (χ4n) is 4.00. The molecule has 3 atom stereocenters. The molecule has 4 nitrogen and oxygen atoms in total. The van der Waals surface area contributed by atoms with Gasteiger partial charge in [0, 0.05) is 10.9 Å². The molecule has 3 rings (SSSR count). The van der Waals surface area contributed by atoms with E-state index in [1.54, 1.807) is 0 Å². The van der Waals surface area contributed by atoms with Crippen molar-refractivity contribution in [2.45, 2.75) is 63.3 Å². The quantitative estimate of drug-likeness (QED) is 0.608. The van der Waals surface area contributed by atoms with E-state index in [1.807, 2.05) is 0 Å². The number of nitrogens with one attached hydrogen (secondary N) is 1. The number of rotatable bonds is 6. The molecule has 1 amide bonds. The van der Waals surface area contributed by atoms with Crippen LogP contribution in [-0.2, 0) is 27.2 Å². The van der Waals surface area contributed by atoms with E-state index in [2.05, 4.69) is 37.4 Å². The van der Waals surface area contributed by atoms with E-state index in [9.17, 15) is 9.59 Å². The number of carbonyl (C=O) groups excluding carboxylic acids is 2. The zero-order valence-electron chi connectivity index (χ0n) is 15.8. The molecule has 1 fully saturated rings. The number of hydrogen-bond acceptors (Lipinski definition) is 4. The normalized spacial score (nSPS) is 24.8. The molecule has 0 radical (unpaired) electrons. The summed E-state index contributed by atoms with van der Waals surface area (Å²) in [7, 11) is 0. The van der Waals surface area contributed by atoms with Crippen molar-refractivity contribution in [3.8, 4) is 0 Å². The second kappa shape index (κ2) is 8.94. The highest BCUT2D eigenvalue weighted by atomic mass is 32.2. The van der Waals surface area contributed by atoms with Crippen molar-refractivity contribution in [3.05, 3.63) is 29.3 Å². The number of amides is 1. The van der Waals surface area contributed by atoms with Gasteiger partial charge in [-0.2, -0.15) is 0 Å². The first-order chi connectivity index (χ1) is 12.5. The van der Waals surface area contributed by atoms with Crippen LogP contribution >= 0.6 is 11.8 Å². The molecule has 0 bridgehead atoms. The molecule has 2 aliphatic rings. The lowest BCUT2D eigenvalue weighted by Crippen LogP contribution is -2.45. The highest BCUT2D eigenvalue weighted by Crippen LogP contribution is 2.29. The second-order valence-electron chi connectivity index (χ2n) is 7.67. The van der Waals surface area contributed by atoms with E-state index in [4.69, 9.17) is 4.74 Å². The summed E-state index contributed by atoms with van der Waals surface area (Å²) in [5.74, 6) is 0.810. The molecule has 0 saturated heterocycles. The lowest BCUT2D eigenvalue weighted by Gasteiger charge is -2.34. The van der Waals surface area contributed by atoms with Gasteiger partial charge in [0.05, 0.1) is 5.75 Å². The van der Waals surface area contributed by atoms with Crippen LogP contribution in [0.2, 0.25) is 0 Å². The van der Waals surface area contributed by atoms with E-state index in [0.29, 0.717) is 11.8 Å². The van der Waals surface area contributed by atoms with E-state index >= 15 is 0 Å². The molecule has 2 aliphatic carbocycles. The molecule has 0 aliphatic heterocycles. The molecule has 1 saturated carbocycles. The number of benzene rings is 1. The van der Waals surface area contributed by atoms with Crippen LogP contribution < -0.4 is 5.32 Å². The Bertz CT molecular complexity index is 661. The molecule has 0 unspecified atom stereocenters. The van der Waals surface area contributed by atoms with Gasteiger partial charge in [0.25, 0.3) is 5.91 Å². The van der Waals surface area contributed by atoms with Crippen molar-refractivity contribution in [1.82, 2.24) is 5.32 Å². The SMILES string of the molecule is C[C@@H]1[C@H](C)CCC[C@H]1NC(=O)COC(=O)CSc1ccc2c(c1)CCC2. The fourth-order valence-corrected chi connectivity index (χ4v) is 4.76. The summed E-state index contributed by atoms with van der Waals surface area (Å²) in [4.78, 5) is 25.1. The molecular weight excluding hydrogens is 346 g/mol. The first-order valence-electron chi connectivity index (χ1n) is 9.72. The van der Waals surface area contributed by atoms with Crippen molar-refractivity contribution in [2.75, 3.05) is 12.4 Å². The highest BCUT2D eigenvalue weighted by Gasteiger charge is 2.28. The van der Waals surface area contributed by atoms with E-state index in [-0.39, 0.29) is 30.3 Å². The number of carbonyl (C=O) groups is 2. The molecular formula is C21H29NO3S. The van der Waals surface area contributed by atoms with Gasteiger partial charge in [0.15, 0.2) is 6.61 Å². The zero-order valence-corrected chi connectivity index (χ0v) is 16.6. The molecule has 0 spiro atoms. The molecule has 26 heavy (non-hydrogen) atoms. The van der Waals surface area contributed by atoms with E-state index in [1.165, 1.54) is 35.7 Å². The van der Waals surface area contributed by atoms with Gasteiger partial charge in [-0.15, -0.1) is 11.8 Å². The van der Waals surface area contributed by atoms with Gasteiger partial charge in [-0.05, 0) is 60.8 Å². The Morgan fingerprint density at radius 2 is 1.96 bits per heavy atom. The third-order valence-corrected chi connectivity index (χ3v) is 6.81. The minimum absolute atomic E-state index is 0.179. The maximum Gasteiger partial charge on any atom is 0.316 e. The Kier molecular flexibility index (Phi) is 6.63. The summed E-state index contributed by atoms with van der Waals surface area (Å²) >= 11 is 1.48. The molecule has 1 aromatic rings. The number of aryl methyl sites for hydroxylation is 2. The highest BCUT2D eigenvalue weighted by molar-refractivity contribution is 8.00. The molecule has 0 aromatic heterocycles. The molecule has 1 aromatic carbocycles. The zero-order chi connectivity index (χ0) is 18.5. The fraction of sp³-hybridized carbons (Fsp3) is 0.619. The van der Waals surface area contributed by atoms with Crippen LogP contribution in [0.15, 0.2) is 23.1 Å². The van der Waals surface area contributed by atoms with E-state index in [0.717, 1.165) is 30.6 Å².